The standard InChI is InChI=1S/C11H17NO2.2C2H6.H2/c1-10-2-4-11(5-3-10)14-9-8-13-7-6-12;2*1-2;/h2-5H,6-9,12H2,1H3;2*1-2H3;1H. The van der Waals surface area contributed by atoms with Crippen LogP contribution < -0.4 is 10.5 Å². The molecular weight excluding hydrogens is 226 g/mol. The van der Waals surface area contributed by atoms with Crippen molar-refractivity contribution in [3.05, 3.63) is 29.8 Å². The summed E-state index contributed by atoms with van der Waals surface area (Å²) in [5.41, 5.74) is 6.51. The van der Waals surface area contributed by atoms with Gasteiger partial charge in [-0.25, -0.2) is 0 Å². The molecule has 2 N–H and O–H groups in total. The second-order valence-corrected chi connectivity index (χ2v) is 3.06. The summed E-state index contributed by atoms with van der Waals surface area (Å²) in [4.78, 5) is 0. The quantitative estimate of drug-likeness (QED) is 0.791. The number of hydrogen-bond donors (Lipinski definition) is 1. The normalized spacial score (nSPS) is 8.56. The molecule has 0 saturated heterocycles. The lowest BCUT2D eigenvalue weighted by Crippen LogP contribution is -2.13. The van der Waals surface area contributed by atoms with Gasteiger partial charge in [-0.2, -0.15) is 0 Å². The van der Waals surface area contributed by atoms with Crippen LogP contribution in [0.15, 0.2) is 24.3 Å². The molecule has 0 heterocycles. The zero-order valence-electron chi connectivity index (χ0n) is 12.5. The Kier molecular flexibility index (Phi) is 17.1. The third kappa shape index (κ3) is 11.4. The van der Waals surface area contributed by atoms with Crippen LogP contribution in [0.5, 0.6) is 5.75 Å². The molecule has 1 aromatic carbocycles. The van der Waals surface area contributed by atoms with Gasteiger partial charge in [-0.1, -0.05) is 45.4 Å². The Hall–Kier alpha value is -1.06. The number of benzene rings is 1. The zero-order valence-corrected chi connectivity index (χ0v) is 12.5. The van der Waals surface area contributed by atoms with E-state index in [2.05, 4.69) is 0 Å². The first-order valence-electron chi connectivity index (χ1n) is 6.80. The summed E-state index contributed by atoms with van der Waals surface area (Å²) in [6.45, 7) is 12.4. The molecule has 0 radical (unpaired) electrons. The molecule has 0 saturated carbocycles. The highest BCUT2D eigenvalue weighted by molar-refractivity contribution is 5.26. The van der Waals surface area contributed by atoms with Crippen LogP contribution in [0.1, 0.15) is 34.7 Å². The van der Waals surface area contributed by atoms with Gasteiger partial charge in [0.2, 0.25) is 0 Å². The summed E-state index contributed by atoms with van der Waals surface area (Å²) in [5, 5.41) is 0. The highest BCUT2D eigenvalue weighted by atomic mass is 16.5. The van der Waals surface area contributed by atoms with Crippen LogP contribution in [-0.4, -0.2) is 26.4 Å². The van der Waals surface area contributed by atoms with Crippen LogP contribution in [0.4, 0.5) is 0 Å². The second-order valence-electron chi connectivity index (χ2n) is 3.06. The number of ether oxygens (including phenoxy) is 2. The first kappa shape index (κ1) is 19.3. The van der Waals surface area contributed by atoms with Crippen molar-refractivity contribution in [3.63, 3.8) is 0 Å². The minimum atomic E-state index is 0. The monoisotopic (exact) mass is 257 g/mol. The summed E-state index contributed by atoms with van der Waals surface area (Å²) in [6, 6.07) is 7.96. The average Bonchev–Trinajstić information content (AvgIpc) is 2.45. The predicted molar refractivity (Wildman–Crippen MR) is 81.4 cm³/mol. The third-order valence-corrected chi connectivity index (χ3v) is 1.78. The van der Waals surface area contributed by atoms with E-state index in [0.717, 1.165) is 5.75 Å². The third-order valence-electron chi connectivity index (χ3n) is 1.78. The Labute approximate surface area is 114 Å². The lowest BCUT2D eigenvalue weighted by atomic mass is 10.2. The first-order valence-corrected chi connectivity index (χ1v) is 6.80. The Bertz CT molecular complexity index is 253. The van der Waals surface area contributed by atoms with Crippen molar-refractivity contribution in [1.82, 2.24) is 0 Å². The zero-order chi connectivity index (χ0) is 14.2. The smallest absolute Gasteiger partial charge is 0.119 e. The van der Waals surface area contributed by atoms with Gasteiger partial charge >= 0.3 is 0 Å². The Balaban J connectivity index is -0.000000467. The van der Waals surface area contributed by atoms with Crippen molar-refractivity contribution < 1.29 is 10.9 Å². The highest BCUT2D eigenvalue weighted by Crippen LogP contribution is 2.10. The van der Waals surface area contributed by atoms with E-state index in [1.807, 2.05) is 58.9 Å². The number of hydrogen-bond acceptors (Lipinski definition) is 3. The predicted octanol–water partition coefficient (Wildman–Crippen LogP) is 3.65. The molecule has 1 rings (SSSR count). The number of aryl methyl sites for hydroxylation is 1. The fourth-order valence-electron chi connectivity index (χ4n) is 1.04. The van der Waals surface area contributed by atoms with E-state index in [4.69, 9.17) is 15.2 Å². The van der Waals surface area contributed by atoms with Crippen molar-refractivity contribution in [2.75, 3.05) is 26.4 Å². The molecular formula is C15H31NO2. The number of rotatable bonds is 6. The molecule has 3 heteroatoms. The maximum absolute atomic E-state index is 5.44. The van der Waals surface area contributed by atoms with Crippen LogP contribution in [0, 0.1) is 6.92 Å². The van der Waals surface area contributed by atoms with Crippen molar-refractivity contribution in [1.29, 1.82) is 0 Å². The molecule has 0 spiro atoms. The largest absolute Gasteiger partial charge is 0.491 e. The maximum Gasteiger partial charge on any atom is 0.119 e. The fourth-order valence-corrected chi connectivity index (χ4v) is 1.04. The lowest BCUT2D eigenvalue weighted by molar-refractivity contribution is 0.106. The van der Waals surface area contributed by atoms with Crippen LogP contribution in [-0.2, 0) is 4.74 Å². The van der Waals surface area contributed by atoms with Gasteiger partial charge < -0.3 is 15.2 Å². The van der Waals surface area contributed by atoms with Gasteiger partial charge in [0.25, 0.3) is 0 Å². The Morgan fingerprint density at radius 1 is 0.944 bits per heavy atom. The summed E-state index contributed by atoms with van der Waals surface area (Å²) in [5.74, 6) is 0.881. The van der Waals surface area contributed by atoms with Crippen molar-refractivity contribution >= 4 is 0 Å². The number of nitrogens with two attached hydrogens (primary N) is 1. The molecule has 0 aromatic heterocycles. The fraction of sp³-hybridized carbons (Fsp3) is 0.600. The minimum absolute atomic E-state index is 0. The maximum atomic E-state index is 5.44. The van der Waals surface area contributed by atoms with E-state index in [1.54, 1.807) is 0 Å². The molecule has 0 amide bonds. The van der Waals surface area contributed by atoms with Gasteiger partial charge in [0.1, 0.15) is 12.4 Å². The van der Waals surface area contributed by atoms with Crippen LogP contribution in [0.3, 0.4) is 0 Å². The second kappa shape index (κ2) is 15.9. The molecule has 0 aliphatic heterocycles. The summed E-state index contributed by atoms with van der Waals surface area (Å²) in [6.07, 6.45) is 0. The van der Waals surface area contributed by atoms with Crippen molar-refractivity contribution in [2.24, 2.45) is 5.73 Å². The molecule has 0 fully saturated rings. The van der Waals surface area contributed by atoms with Gasteiger partial charge in [-0.15, -0.1) is 0 Å². The minimum Gasteiger partial charge on any atom is -0.491 e. The summed E-state index contributed by atoms with van der Waals surface area (Å²) < 4.78 is 10.6. The molecule has 0 aliphatic rings. The molecule has 0 atom stereocenters. The van der Waals surface area contributed by atoms with E-state index in [1.165, 1.54) is 5.56 Å². The van der Waals surface area contributed by atoms with E-state index in [9.17, 15) is 0 Å². The molecule has 0 unspecified atom stereocenters. The van der Waals surface area contributed by atoms with E-state index in [-0.39, 0.29) is 1.43 Å². The Morgan fingerprint density at radius 3 is 2.00 bits per heavy atom. The van der Waals surface area contributed by atoms with Gasteiger partial charge in [0.05, 0.1) is 13.2 Å². The molecule has 1 aromatic rings. The van der Waals surface area contributed by atoms with E-state index in [0.29, 0.717) is 26.4 Å². The van der Waals surface area contributed by atoms with Gasteiger partial charge in [-0.3, -0.25) is 0 Å². The molecule has 108 valence electrons. The first-order chi connectivity index (χ1) is 8.83. The topological polar surface area (TPSA) is 44.5 Å². The lowest BCUT2D eigenvalue weighted by Gasteiger charge is -2.06. The average molecular weight is 257 g/mol. The van der Waals surface area contributed by atoms with E-state index < -0.39 is 0 Å². The van der Waals surface area contributed by atoms with Gasteiger partial charge in [0, 0.05) is 7.97 Å². The van der Waals surface area contributed by atoms with Gasteiger partial charge in [0.15, 0.2) is 0 Å². The van der Waals surface area contributed by atoms with Crippen LogP contribution in [0.2, 0.25) is 0 Å². The summed E-state index contributed by atoms with van der Waals surface area (Å²) >= 11 is 0. The highest BCUT2D eigenvalue weighted by Gasteiger charge is 1.92. The molecule has 0 aliphatic carbocycles. The van der Waals surface area contributed by atoms with Crippen molar-refractivity contribution in [2.45, 2.75) is 34.6 Å². The van der Waals surface area contributed by atoms with Crippen LogP contribution >= 0.6 is 0 Å². The molecule has 3 nitrogen and oxygen atoms in total. The van der Waals surface area contributed by atoms with Gasteiger partial charge in [-0.05, 0) is 19.1 Å². The van der Waals surface area contributed by atoms with Crippen LogP contribution in [0.25, 0.3) is 0 Å². The SMILES string of the molecule is CC.CC.Cc1ccc(OCCOCCN)cc1.[HH]. The molecule has 18 heavy (non-hydrogen) atoms. The Morgan fingerprint density at radius 2 is 1.50 bits per heavy atom. The summed E-state index contributed by atoms with van der Waals surface area (Å²) in [7, 11) is 0. The molecule has 0 bridgehead atoms. The van der Waals surface area contributed by atoms with Crippen molar-refractivity contribution in [3.8, 4) is 5.75 Å². The van der Waals surface area contributed by atoms with E-state index >= 15 is 0 Å².